The molecule has 2 atom stereocenters. The first kappa shape index (κ1) is 12.5. The van der Waals surface area contributed by atoms with Gasteiger partial charge in [-0.25, -0.2) is 0 Å². The van der Waals surface area contributed by atoms with Gasteiger partial charge in [0.15, 0.2) is 0 Å². The van der Waals surface area contributed by atoms with Crippen molar-refractivity contribution in [3.05, 3.63) is 0 Å². The van der Waals surface area contributed by atoms with Gasteiger partial charge in [0.25, 0.3) is 0 Å². The Kier molecular flexibility index (Phi) is 4.54. The summed E-state index contributed by atoms with van der Waals surface area (Å²) >= 11 is 0. The standard InChI is InChI=1S/C11H21NO3/c1-4-9(10(13)14-3)12-8-11(2)6-5-7-15-11/h9,12H,4-8H2,1-3H3/t9-,11-/m1/s1. The summed E-state index contributed by atoms with van der Waals surface area (Å²) in [5, 5.41) is 3.20. The van der Waals surface area contributed by atoms with Crippen LogP contribution in [0.4, 0.5) is 0 Å². The van der Waals surface area contributed by atoms with Crippen LogP contribution < -0.4 is 5.32 Å². The average molecular weight is 215 g/mol. The minimum Gasteiger partial charge on any atom is -0.468 e. The lowest BCUT2D eigenvalue weighted by Gasteiger charge is -2.26. The smallest absolute Gasteiger partial charge is 0.322 e. The molecule has 1 aliphatic rings. The molecule has 1 heterocycles. The van der Waals surface area contributed by atoms with Crippen molar-refractivity contribution >= 4 is 5.97 Å². The van der Waals surface area contributed by atoms with E-state index in [9.17, 15) is 4.79 Å². The number of carbonyl (C=O) groups is 1. The van der Waals surface area contributed by atoms with Crippen molar-refractivity contribution < 1.29 is 14.3 Å². The number of methoxy groups -OCH3 is 1. The molecule has 0 radical (unpaired) electrons. The molecule has 15 heavy (non-hydrogen) atoms. The van der Waals surface area contributed by atoms with Crippen LogP contribution in [0.25, 0.3) is 0 Å². The van der Waals surface area contributed by atoms with Crippen molar-refractivity contribution in [2.24, 2.45) is 0 Å². The van der Waals surface area contributed by atoms with E-state index in [-0.39, 0.29) is 17.6 Å². The molecular weight excluding hydrogens is 194 g/mol. The van der Waals surface area contributed by atoms with Crippen LogP contribution in [0.5, 0.6) is 0 Å². The zero-order chi connectivity index (χ0) is 11.3. The number of ether oxygens (including phenoxy) is 2. The number of esters is 1. The van der Waals surface area contributed by atoms with Crippen LogP contribution in [-0.2, 0) is 14.3 Å². The predicted molar refractivity (Wildman–Crippen MR) is 57.7 cm³/mol. The molecule has 0 aliphatic carbocycles. The van der Waals surface area contributed by atoms with E-state index in [1.165, 1.54) is 7.11 Å². The maximum absolute atomic E-state index is 11.3. The average Bonchev–Trinajstić information content (AvgIpc) is 2.66. The van der Waals surface area contributed by atoms with E-state index in [4.69, 9.17) is 9.47 Å². The molecule has 0 aromatic heterocycles. The van der Waals surface area contributed by atoms with Crippen molar-refractivity contribution in [1.82, 2.24) is 5.32 Å². The van der Waals surface area contributed by atoms with E-state index < -0.39 is 0 Å². The molecule has 1 rings (SSSR count). The second-order valence-electron chi connectivity index (χ2n) is 4.27. The van der Waals surface area contributed by atoms with Crippen LogP contribution in [0.1, 0.15) is 33.1 Å². The Morgan fingerprint density at radius 3 is 2.87 bits per heavy atom. The summed E-state index contributed by atoms with van der Waals surface area (Å²) in [7, 11) is 1.42. The van der Waals surface area contributed by atoms with Crippen molar-refractivity contribution in [2.45, 2.75) is 44.8 Å². The molecular formula is C11H21NO3. The van der Waals surface area contributed by atoms with Gasteiger partial charge >= 0.3 is 5.97 Å². The summed E-state index contributed by atoms with van der Waals surface area (Å²) in [6.45, 7) is 5.58. The maximum Gasteiger partial charge on any atom is 0.322 e. The van der Waals surface area contributed by atoms with Gasteiger partial charge in [-0.15, -0.1) is 0 Å². The lowest BCUT2D eigenvalue weighted by molar-refractivity contribution is -0.143. The van der Waals surface area contributed by atoms with Gasteiger partial charge in [0.1, 0.15) is 6.04 Å². The van der Waals surface area contributed by atoms with Crippen LogP contribution in [0.15, 0.2) is 0 Å². The Morgan fingerprint density at radius 1 is 1.67 bits per heavy atom. The first-order valence-electron chi connectivity index (χ1n) is 5.56. The van der Waals surface area contributed by atoms with Crippen molar-refractivity contribution in [3.63, 3.8) is 0 Å². The molecule has 0 unspecified atom stereocenters. The zero-order valence-electron chi connectivity index (χ0n) is 9.84. The lowest BCUT2D eigenvalue weighted by Crippen LogP contribution is -2.45. The quantitative estimate of drug-likeness (QED) is 0.698. The number of hydrogen-bond donors (Lipinski definition) is 1. The molecule has 0 saturated carbocycles. The molecule has 1 saturated heterocycles. The first-order valence-corrected chi connectivity index (χ1v) is 5.56. The molecule has 4 nitrogen and oxygen atoms in total. The van der Waals surface area contributed by atoms with Gasteiger partial charge in [0.05, 0.1) is 12.7 Å². The normalized spacial score (nSPS) is 27.7. The van der Waals surface area contributed by atoms with Crippen LogP contribution in [0.2, 0.25) is 0 Å². The predicted octanol–water partition coefficient (Wildman–Crippen LogP) is 1.10. The van der Waals surface area contributed by atoms with Gasteiger partial charge in [-0.2, -0.15) is 0 Å². The third-order valence-electron chi connectivity index (χ3n) is 2.92. The van der Waals surface area contributed by atoms with E-state index in [0.717, 1.165) is 25.9 Å². The molecule has 1 aliphatic heterocycles. The molecule has 0 aromatic carbocycles. The van der Waals surface area contributed by atoms with E-state index in [1.54, 1.807) is 0 Å². The molecule has 1 N–H and O–H groups in total. The SMILES string of the molecule is CC[C@@H](NC[C@@]1(C)CCCO1)C(=O)OC. The van der Waals surface area contributed by atoms with Gasteiger partial charge in [-0.05, 0) is 26.2 Å². The minimum atomic E-state index is -0.212. The fourth-order valence-corrected chi connectivity index (χ4v) is 1.85. The third kappa shape index (κ3) is 3.47. The number of rotatable bonds is 5. The highest BCUT2D eigenvalue weighted by Crippen LogP contribution is 2.24. The molecule has 4 heteroatoms. The van der Waals surface area contributed by atoms with Crippen LogP contribution in [-0.4, -0.2) is 37.9 Å². The summed E-state index contributed by atoms with van der Waals surface area (Å²) in [4.78, 5) is 11.3. The molecule has 1 fully saturated rings. The summed E-state index contributed by atoms with van der Waals surface area (Å²) in [6, 6.07) is -0.212. The summed E-state index contributed by atoms with van der Waals surface area (Å²) in [6.07, 6.45) is 2.90. The Morgan fingerprint density at radius 2 is 2.40 bits per heavy atom. The Bertz CT molecular complexity index is 212. The number of carbonyl (C=O) groups excluding carboxylic acids is 1. The van der Waals surface area contributed by atoms with Gasteiger partial charge < -0.3 is 14.8 Å². The van der Waals surface area contributed by atoms with Crippen LogP contribution >= 0.6 is 0 Å². The Balaban J connectivity index is 2.36. The van der Waals surface area contributed by atoms with Crippen molar-refractivity contribution in [1.29, 1.82) is 0 Å². The van der Waals surface area contributed by atoms with E-state index in [2.05, 4.69) is 12.2 Å². The highest BCUT2D eigenvalue weighted by molar-refractivity contribution is 5.75. The third-order valence-corrected chi connectivity index (χ3v) is 2.92. The second-order valence-corrected chi connectivity index (χ2v) is 4.27. The monoisotopic (exact) mass is 215 g/mol. The van der Waals surface area contributed by atoms with Crippen LogP contribution in [0, 0.1) is 0 Å². The van der Waals surface area contributed by atoms with Gasteiger partial charge in [-0.3, -0.25) is 4.79 Å². The van der Waals surface area contributed by atoms with Gasteiger partial charge in [0.2, 0.25) is 0 Å². The maximum atomic E-state index is 11.3. The second kappa shape index (κ2) is 5.47. The number of nitrogens with one attached hydrogen (secondary N) is 1. The molecule has 0 aromatic rings. The Hall–Kier alpha value is -0.610. The van der Waals surface area contributed by atoms with Crippen molar-refractivity contribution in [2.75, 3.05) is 20.3 Å². The highest BCUT2D eigenvalue weighted by Gasteiger charge is 2.31. The highest BCUT2D eigenvalue weighted by atomic mass is 16.5. The van der Waals surface area contributed by atoms with E-state index >= 15 is 0 Å². The van der Waals surface area contributed by atoms with Gasteiger partial charge in [-0.1, -0.05) is 6.92 Å². The minimum absolute atomic E-state index is 0.110. The Labute approximate surface area is 91.3 Å². The summed E-state index contributed by atoms with van der Waals surface area (Å²) in [5.41, 5.74) is -0.110. The molecule has 88 valence electrons. The van der Waals surface area contributed by atoms with Gasteiger partial charge in [0, 0.05) is 13.2 Å². The molecule has 0 amide bonds. The molecule has 0 spiro atoms. The fourth-order valence-electron chi connectivity index (χ4n) is 1.85. The topological polar surface area (TPSA) is 47.6 Å². The summed E-state index contributed by atoms with van der Waals surface area (Å²) in [5.74, 6) is -0.195. The van der Waals surface area contributed by atoms with Crippen LogP contribution in [0.3, 0.4) is 0 Å². The largest absolute Gasteiger partial charge is 0.468 e. The fraction of sp³-hybridized carbons (Fsp3) is 0.909. The lowest BCUT2D eigenvalue weighted by atomic mass is 10.0. The van der Waals surface area contributed by atoms with E-state index in [1.807, 2.05) is 6.92 Å². The van der Waals surface area contributed by atoms with E-state index in [0.29, 0.717) is 6.54 Å². The summed E-state index contributed by atoms with van der Waals surface area (Å²) < 4.78 is 10.3. The number of hydrogen-bond acceptors (Lipinski definition) is 4. The zero-order valence-corrected chi connectivity index (χ0v) is 9.84. The first-order chi connectivity index (χ1) is 7.11. The molecule has 0 bridgehead atoms. The van der Waals surface area contributed by atoms with Crippen molar-refractivity contribution in [3.8, 4) is 0 Å².